The Bertz CT molecular complexity index is 82.0. The Morgan fingerprint density at radius 3 is 2.25 bits per heavy atom. The van der Waals surface area contributed by atoms with Gasteiger partial charge in [-0.05, 0) is 6.92 Å². The maximum atomic E-state index is 5.32. The monoisotopic (exact) mass is 116 g/mol. The summed E-state index contributed by atoms with van der Waals surface area (Å²) in [5.74, 6) is 0.0994. The summed E-state index contributed by atoms with van der Waals surface area (Å²) in [5.41, 5.74) is 15.3. The van der Waals surface area contributed by atoms with Crippen molar-refractivity contribution in [2.75, 3.05) is 6.54 Å². The van der Waals surface area contributed by atoms with Crippen LogP contribution in [0.15, 0.2) is 4.99 Å². The van der Waals surface area contributed by atoms with Gasteiger partial charge in [0.25, 0.3) is 0 Å². The number of nitrogens with zero attached hydrogens (tertiary/aromatic N) is 1. The summed E-state index contributed by atoms with van der Waals surface area (Å²) in [6.45, 7) is 2.34. The molecule has 1 atom stereocenters. The molecule has 0 fully saturated rings. The minimum absolute atomic E-state index is 0.0390. The molecule has 0 aromatic heterocycles. The molecule has 0 saturated heterocycles. The fourth-order valence-electron chi connectivity index (χ4n) is 0.249. The van der Waals surface area contributed by atoms with E-state index >= 15 is 0 Å². The fraction of sp³-hybridized carbons (Fsp3) is 0.750. The SMILES string of the molecule is CC(N)CN=C(N)N. The third-order valence-electron chi connectivity index (χ3n) is 0.562. The van der Waals surface area contributed by atoms with Crippen LogP contribution in [0.25, 0.3) is 0 Å². The normalized spacial score (nSPS) is 12.8. The Morgan fingerprint density at radius 1 is 1.62 bits per heavy atom. The Balaban J connectivity index is 3.29. The van der Waals surface area contributed by atoms with Gasteiger partial charge in [0.05, 0.1) is 6.54 Å². The minimum Gasteiger partial charge on any atom is -0.370 e. The number of hydrogen-bond donors (Lipinski definition) is 3. The largest absolute Gasteiger partial charge is 0.370 e. The van der Waals surface area contributed by atoms with E-state index in [1.165, 1.54) is 0 Å². The summed E-state index contributed by atoms with van der Waals surface area (Å²) in [5, 5.41) is 0. The Kier molecular flexibility index (Phi) is 2.95. The van der Waals surface area contributed by atoms with Crippen LogP contribution < -0.4 is 17.2 Å². The van der Waals surface area contributed by atoms with Gasteiger partial charge in [-0.3, -0.25) is 4.99 Å². The summed E-state index contributed by atoms with van der Waals surface area (Å²) in [6, 6.07) is 0.0390. The molecule has 0 aromatic rings. The Hall–Kier alpha value is -0.770. The average molecular weight is 116 g/mol. The van der Waals surface area contributed by atoms with Gasteiger partial charge >= 0.3 is 0 Å². The highest BCUT2D eigenvalue weighted by molar-refractivity contribution is 5.75. The van der Waals surface area contributed by atoms with E-state index in [4.69, 9.17) is 17.2 Å². The molecule has 48 valence electrons. The number of rotatable bonds is 2. The van der Waals surface area contributed by atoms with Crippen LogP contribution in [0, 0.1) is 0 Å². The van der Waals surface area contributed by atoms with Crippen LogP contribution in [-0.4, -0.2) is 18.5 Å². The van der Waals surface area contributed by atoms with Gasteiger partial charge in [0.2, 0.25) is 0 Å². The lowest BCUT2D eigenvalue weighted by Gasteiger charge is -1.97. The van der Waals surface area contributed by atoms with E-state index in [-0.39, 0.29) is 12.0 Å². The predicted octanol–water partition coefficient (Wildman–Crippen LogP) is -1.39. The predicted molar refractivity (Wildman–Crippen MR) is 34.3 cm³/mol. The van der Waals surface area contributed by atoms with Crippen molar-refractivity contribution in [2.45, 2.75) is 13.0 Å². The van der Waals surface area contributed by atoms with E-state index in [0.717, 1.165) is 0 Å². The van der Waals surface area contributed by atoms with Crippen LogP contribution in [0.1, 0.15) is 6.92 Å². The van der Waals surface area contributed by atoms with Gasteiger partial charge in [-0.1, -0.05) is 0 Å². The molecule has 0 bridgehead atoms. The molecule has 4 heteroatoms. The second-order valence-corrected chi connectivity index (χ2v) is 1.74. The molecule has 0 aliphatic heterocycles. The van der Waals surface area contributed by atoms with Gasteiger partial charge < -0.3 is 17.2 Å². The molecule has 0 heterocycles. The van der Waals surface area contributed by atoms with Crippen molar-refractivity contribution >= 4 is 5.96 Å². The molecule has 4 nitrogen and oxygen atoms in total. The molecule has 0 radical (unpaired) electrons. The highest BCUT2D eigenvalue weighted by Crippen LogP contribution is 1.73. The standard InChI is InChI=1S/C4H12N4/c1-3(5)2-8-4(6)7/h3H,2,5H2,1H3,(H4,6,7,8). The average Bonchev–Trinajstić information content (AvgIpc) is 1.61. The zero-order valence-corrected chi connectivity index (χ0v) is 4.96. The lowest BCUT2D eigenvalue weighted by Crippen LogP contribution is -2.26. The summed E-state index contributed by atoms with van der Waals surface area (Å²) in [4.78, 5) is 3.67. The number of aliphatic imine (C=N–C) groups is 1. The van der Waals surface area contributed by atoms with Crippen molar-refractivity contribution in [3.63, 3.8) is 0 Å². The van der Waals surface area contributed by atoms with Crippen LogP contribution in [0.5, 0.6) is 0 Å². The molecule has 6 N–H and O–H groups in total. The first-order chi connectivity index (χ1) is 3.63. The quantitative estimate of drug-likeness (QED) is 0.306. The first kappa shape index (κ1) is 7.23. The first-order valence-corrected chi connectivity index (χ1v) is 2.44. The first-order valence-electron chi connectivity index (χ1n) is 2.44. The fourth-order valence-corrected chi connectivity index (χ4v) is 0.249. The second-order valence-electron chi connectivity index (χ2n) is 1.74. The van der Waals surface area contributed by atoms with Crippen LogP contribution in [0.2, 0.25) is 0 Å². The Morgan fingerprint density at radius 2 is 2.12 bits per heavy atom. The second kappa shape index (κ2) is 3.26. The molecule has 1 unspecified atom stereocenters. The van der Waals surface area contributed by atoms with Crippen molar-refractivity contribution in [3.05, 3.63) is 0 Å². The van der Waals surface area contributed by atoms with Crippen molar-refractivity contribution < 1.29 is 0 Å². The molecule has 0 aliphatic carbocycles. The number of hydrogen-bond acceptors (Lipinski definition) is 2. The van der Waals surface area contributed by atoms with Crippen LogP contribution >= 0.6 is 0 Å². The van der Waals surface area contributed by atoms with Crippen LogP contribution in [-0.2, 0) is 0 Å². The summed E-state index contributed by atoms with van der Waals surface area (Å²) in [7, 11) is 0. The third-order valence-corrected chi connectivity index (χ3v) is 0.562. The van der Waals surface area contributed by atoms with Crippen molar-refractivity contribution in [1.82, 2.24) is 0 Å². The van der Waals surface area contributed by atoms with Crippen molar-refractivity contribution in [3.8, 4) is 0 Å². The lowest BCUT2D eigenvalue weighted by molar-refractivity contribution is 0.752. The highest BCUT2D eigenvalue weighted by atomic mass is 15.0. The topological polar surface area (TPSA) is 90.4 Å². The van der Waals surface area contributed by atoms with Gasteiger partial charge in [0.15, 0.2) is 5.96 Å². The van der Waals surface area contributed by atoms with Crippen LogP contribution in [0.4, 0.5) is 0 Å². The lowest BCUT2D eigenvalue weighted by atomic mass is 10.4. The number of nitrogens with two attached hydrogens (primary N) is 3. The molecule has 0 aliphatic rings. The maximum Gasteiger partial charge on any atom is 0.185 e. The molecule has 0 amide bonds. The molecule has 0 aromatic carbocycles. The number of guanidine groups is 1. The molecule has 0 rings (SSSR count). The molecular formula is C4H12N4. The summed E-state index contributed by atoms with van der Waals surface area (Å²) in [6.07, 6.45) is 0. The third kappa shape index (κ3) is 5.23. The minimum atomic E-state index is 0.0390. The van der Waals surface area contributed by atoms with Gasteiger partial charge in [-0.25, -0.2) is 0 Å². The van der Waals surface area contributed by atoms with Gasteiger partial charge in [0, 0.05) is 6.04 Å². The zero-order valence-electron chi connectivity index (χ0n) is 4.96. The van der Waals surface area contributed by atoms with Crippen LogP contribution in [0.3, 0.4) is 0 Å². The summed E-state index contributed by atoms with van der Waals surface area (Å²) < 4.78 is 0. The van der Waals surface area contributed by atoms with E-state index in [2.05, 4.69) is 4.99 Å². The van der Waals surface area contributed by atoms with Crippen molar-refractivity contribution in [1.29, 1.82) is 0 Å². The van der Waals surface area contributed by atoms with E-state index in [1.54, 1.807) is 0 Å². The van der Waals surface area contributed by atoms with Gasteiger partial charge in [-0.2, -0.15) is 0 Å². The Labute approximate surface area is 48.7 Å². The maximum absolute atomic E-state index is 5.32. The zero-order chi connectivity index (χ0) is 6.57. The van der Waals surface area contributed by atoms with E-state index < -0.39 is 0 Å². The molecule has 0 spiro atoms. The smallest absolute Gasteiger partial charge is 0.185 e. The van der Waals surface area contributed by atoms with Gasteiger partial charge in [0.1, 0.15) is 0 Å². The van der Waals surface area contributed by atoms with E-state index in [9.17, 15) is 0 Å². The molecular weight excluding hydrogens is 104 g/mol. The molecule has 0 saturated carbocycles. The van der Waals surface area contributed by atoms with E-state index in [0.29, 0.717) is 6.54 Å². The highest BCUT2D eigenvalue weighted by Gasteiger charge is 1.87. The molecule has 8 heavy (non-hydrogen) atoms. The van der Waals surface area contributed by atoms with Gasteiger partial charge in [-0.15, -0.1) is 0 Å². The van der Waals surface area contributed by atoms with Crippen molar-refractivity contribution in [2.24, 2.45) is 22.2 Å². The summed E-state index contributed by atoms with van der Waals surface area (Å²) >= 11 is 0. The van der Waals surface area contributed by atoms with E-state index in [1.807, 2.05) is 6.92 Å².